The van der Waals surface area contributed by atoms with Gasteiger partial charge in [0, 0.05) is 18.7 Å². The van der Waals surface area contributed by atoms with Gasteiger partial charge < -0.3 is 24.2 Å². The Bertz CT molecular complexity index is 946. The van der Waals surface area contributed by atoms with Crippen molar-refractivity contribution in [2.45, 2.75) is 20.0 Å². The van der Waals surface area contributed by atoms with Crippen LogP contribution in [0.1, 0.15) is 23.6 Å². The van der Waals surface area contributed by atoms with Gasteiger partial charge in [-0.05, 0) is 36.8 Å². The van der Waals surface area contributed by atoms with Gasteiger partial charge in [-0.1, -0.05) is 18.2 Å². The van der Waals surface area contributed by atoms with Gasteiger partial charge in [-0.25, -0.2) is 0 Å². The molecule has 162 valence electrons. The van der Waals surface area contributed by atoms with Gasteiger partial charge in [0.05, 0.1) is 11.6 Å². The summed E-state index contributed by atoms with van der Waals surface area (Å²) >= 11 is 0. The fourth-order valence-electron chi connectivity index (χ4n) is 4.26. The van der Waals surface area contributed by atoms with Crippen LogP contribution in [0, 0.1) is 11.3 Å². The van der Waals surface area contributed by atoms with Crippen LogP contribution in [0.25, 0.3) is 0 Å². The molecule has 31 heavy (non-hydrogen) atoms. The number of fused-ring (bicyclic) bond motifs is 1. The smallest absolute Gasteiger partial charge is 0.278 e. The largest absolute Gasteiger partial charge is 0.454 e. The van der Waals surface area contributed by atoms with Crippen LogP contribution in [-0.4, -0.2) is 56.9 Å². The van der Waals surface area contributed by atoms with E-state index in [1.165, 1.54) is 15.4 Å². The number of benzene rings is 2. The quantitative estimate of drug-likeness (QED) is 0.638. The van der Waals surface area contributed by atoms with Crippen LogP contribution in [0.15, 0.2) is 42.5 Å². The number of hydrogen-bond acceptors (Lipinski definition) is 4. The van der Waals surface area contributed by atoms with E-state index in [1.807, 2.05) is 54.3 Å². The summed E-state index contributed by atoms with van der Waals surface area (Å²) in [5.41, 5.74) is 3.02. The predicted molar refractivity (Wildman–Crippen MR) is 115 cm³/mol. The molecule has 0 aromatic heterocycles. The van der Waals surface area contributed by atoms with Crippen LogP contribution in [0.3, 0.4) is 0 Å². The van der Waals surface area contributed by atoms with Crippen molar-refractivity contribution in [1.29, 1.82) is 5.26 Å². The van der Waals surface area contributed by atoms with E-state index in [9.17, 15) is 4.79 Å². The molecule has 4 rings (SSSR count). The normalized spacial score (nSPS) is 19.6. The molecule has 2 aromatic carbocycles. The zero-order chi connectivity index (χ0) is 21.6. The number of nitriles is 1. The molecular formula is C24H30N4O3+2. The van der Waals surface area contributed by atoms with Crippen LogP contribution in [0.4, 0.5) is 0 Å². The van der Waals surface area contributed by atoms with Crippen LogP contribution >= 0.6 is 0 Å². The molecule has 2 aliphatic rings. The van der Waals surface area contributed by atoms with E-state index in [0.717, 1.165) is 49.8 Å². The fourth-order valence-corrected chi connectivity index (χ4v) is 4.26. The Morgan fingerprint density at radius 2 is 1.68 bits per heavy atom. The van der Waals surface area contributed by atoms with Gasteiger partial charge in [-0.3, -0.25) is 4.79 Å². The minimum atomic E-state index is 0.200. The van der Waals surface area contributed by atoms with Gasteiger partial charge in [-0.15, -0.1) is 0 Å². The molecule has 7 heteroatoms. The highest BCUT2D eigenvalue weighted by molar-refractivity contribution is 5.77. The lowest BCUT2D eigenvalue weighted by Gasteiger charge is -2.31. The van der Waals surface area contributed by atoms with Gasteiger partial charge in [-0.2, -0.15) is 5.26 Å². The predicted octanol–water partition coefficient (Wildman–Crippen LogP) is -0.381. The maximum atomic E-state index is 12.9. The average Bonchev–Trinajstić information content (AvgIpc) is 3.27. The van der Waals surface area contributed by atoms with E-state index in [1.54, 1.807) is 0 Å². The minimum absolute atomic E-state index is 0.200. The van der Waals surface area contributed by atoms with Crippen LogP contribution < -0.4 is 19.3 Å². The molecule has 2 heterocycles. The van der Waals surface area contributed by atoms with Gasteiger partial charge in [0.15, 0.2) is 18.0 Å². The van der Waals surface area contributed by atoms with Crippen molar-refractivity contribution in [2.75, 3.05) is 46.1 Å². The van der Waals surface area contributed by atoms with Gasteiger partial charge in [0.25, 0.3) is 5.91 Å². The highest BCUT2D eigenvalue weighted by Gasteiger charge is 2.27. The van der Waals surface area contributed by atoms with Crippen molar-refractivity contribution in [2.24, 2.45) is 0 Å². The average molecular weight is 423 g/mol. The first-order valence-electron chi connectivity index (χ1n) is 11.0. The molecule has 0 spiro atoms. The zero-order valence-corrected chi connectivity index (χ0v) is 18.0. The Kier molecular flexibility index (Phi) is 6.70. The van der Waals surface area contributed by atoms with E-state index in [2.05, 4.69) is 6.07 Å². The number of amides is 1. The summed E-state index contributed by atoms with van der Waals surface area (Å²) in [5.74, 6) is 1.72. The Hall–Kier alpha value is -3.08. The molecule has 0 atom stereocenters. The molecule has 0 unspecified atom stereocenters. The van der Waals surface area contributed by atoms with Crippen LogP contribution in [0.2, 0.25) is 0 Å². The van der Waals surface area contributed by atoms with Gasteiger partial charge >= 0.3 is 0 Å². The van der Waals surface area contributed by atoms with Crippen LogP contribution in [0.5, 0.6) is 11.5 Å². The zero-order valence-electron chi connectivity index (χ0n) is 18.0. The van der Waals surface area contributed by atoms with Crippen LogP contribution in [-0.2, 0) is 17.9 Å². The van der Waals surface area contributed by atoms with Crippen molar-refractivity contribution >= 4 is 5.91 Å². The fraction of sp³-hybridized carbons (Fsp3) is 0.417. The molecule has 0 aliphatic carbocycles. The highest BCUT2D eigenvalue weighted by Crippen LogP contribution is 2.32. The van der Waals surface area contributed by atoms with Crippen molar-refractivity contribution in [1.82, 2.24) is 4.90 Å². The molecule has 0 bridgehead atoms. The molecule has 1 saturated heterocycles. The first-order chi connectivity index (χ1) is 15.1. The topological polar surface area (TPSA) is 71.4 Å². The van der Waals surface area contributed by atoms with Crippen molar-refractivity contribution in [3.63, 3.8) is 0 Å². The maximum Gasteiger partial charge on any atom is 0.278 e. The number of carbonyl (C=O) groups excluding carboxylic acids is 1. The van der Waals surface area contributed by atoms with Gasteiger partial charge in [0.2, 0.25) is 6.79 Å². The summed E-state index contributed by atoms with van der Waals surface area (Å²) in [6.07, 6.45) is 0. The number of quaternary nitrogens is 2. The number of ether oxygens (including phenoxy) is 2. The summed E-state index contributed by atoms with van der Waals surface area (Å²) in [4.78, 5) is 17.7. The number of carbonyl (C=O) groups is 1. The lowest BCUT2D eigenvalue weighted by Crippen LogP contribution is -3.28. The number of nitrogens with zero attached hydrogens (tertiary/aromatic N) is 2. The minimum Gasteiger partial charge on any atom is -0.454 e. The third-order valence-electron chi connectivity index (χ3n) is 6.15. The third kappa shape index (κ3) is 5.35. The number of likely N-dealkylation sites (N-methyl/N-ethyl adjacent to an activating group) is 1. The number of nitrogens with one attached hydrogen (secondary N) is 2. The second-order valence-corrected chi connectivity index (χ2v) is 8.26. The Morgan fingerprint density at radius 1 is 1.00 bits per heavy atom. The molecule has 7 nitrogen and oxygen atoms in total. The van der Waals surface area contributed by atoms with Crippen molar-refractivity contribution in [3.8, 4) is 17.6 Å². The van der Waals surface area contributed by atoms with Crippen molar-refractivity contribution in [3.05, 3.63) is 59.2 Å². The Morgan fingerprint density at radius 3 is 2.39 bits per heavy atom. The Labute approximate surface area is 183 Å². The molecule has 2 aliphatic heterocycles. The second-order valence-electron chi connectivity index (χ2n) is 8.26. The number of rotatable bonds is 7. The van der Waals surface area contributed by atoms with E-state index in [0.29, 0.717) is 25.2 Å². The molecular weight excluding hydrogens is 392 g/mol. The first kappa shape index (κ1) is 21.2. The molecule has 1 fully saturated rings. The maximum absolute atomic E-state index is 12.9. The molecule has 2 aromatic rings. The van der Waals surface area contributed by atoms with E-state index >= 15 is 0 Å². The second kappa shape index (κ2) is 9.82. The molecule has 1 amide bonds. The first-order valence-corrected chi connectivity index (χ1v) is 11.0. The van der Waals surface area contributed by atoms with Gasteiger partial charge in [0.1, 0.15) is 32.7 Å². The summed E-state index contributed by atoms with van der Waals surface area (Å²) in [6, 6.07) is 15.9. The third-order valence-corrected chi connectivity index (χ3v) is 6.15. The highest BCUT2D eigenvalue weighted by atomic mass is 16.7. The lowest BCUT2D eigenvalue weighted by atomic mass is 10.1. The summed E-state index contributed by atoms with van der Waals surface area (Å²) < 4.78 is 10.8. The van der Waals surface area contributed by atoms with E-state index in [-0.39, 0.29) is 12.7 Å². The number of hydrogen-bond donors (Lipinski definition) is 2. The molecule has 2 N–H and O–H groups in total. The monoisotopic (exact) mass is 422 g/mol. The summed E-state index contributed by atoms with van der Waals surface area (Å²) in [5, 5.41) is 8.93. The summed E-state index contributed by atoms with van der Waals surface area (Å²) in [7, 11) is 0. The molecule has 0 radical (unpaired) electrons. The standard InChI is InChI=1S/C24H28N4O3/c1-2-28(16-21-7-8-22-23(13-21)31-18-30-22)24(29)17-27-11-9-26(10-12-27)15-20-5-3-19(14-25)4-6-20/h3-8,13H,2,9-12,15-18H2,1H3/p+2. The lowest BCUT2D eigenvalue weighted by molar-refractivity contribution is -1.02. The summed E-state index contributed by atoms with van der Waals surface area (Å²) in [6.45, 7) is 9.19. The number of piperazine rings is 1. The van der Waals surface area contributed by atoms with Crippen molar-refractivity contribution < 1.29 is 24.1 Å². The van der Waals surface area contributed by atoms with E-state index < -0.39 is 0 Å². The Balaban J connectivity index is 1.25. The molecule has 0 saturated carbocycles. The van der Waals surface area contributed by atoms with E-state index in [4.69, 9.17) is 14.7 Å². The SMILES string of the molecule is CCN(Cc1ccc2c(c1)OCO2)C(=O)C[NH+]1CC[NH+](Cc2ccc(C#N)cc2)CC1.